The number of ether oxygens (including phenoxy) is 3. The topological polar surface area (TPSA) is 155 Å². The number of carbonyl (C=O) groups is 3. The molecule has 2 N–H and O–H groups in total. The van der Waals surface area contributed by atoms with Crippen LogP contribution >= 0.6 is 7.82 Å². The number of aliphatic hydroxyl groups excluding tert-OH is 1. The molecule has 3 unspecified atom stereocenters. The Morgan fingerprint density at radius 1 is 0.414 bits per heavy atom. The number of phosphoric ester groups is 1. The van der Waals surface area contributed by atoms with Crippen LogP contribution < -0.4 is 0 Å². The van der Waals surface area contributed by atoms with E-state index in [0.717, 1.165) is 122 Å². The highest BCUT2D eigenvalue weighted by Gasteiger charge is 2.28. The summed E-state index contributed by atoms with van der Waals surface area (Å²) in [6.45, 7) is 4.46. The number of esters is 3. The third kappa shape index (κ3) is 50.1. The van der Waals surface area contributed by atoms with Crippen LogP contribution in [0.2, 0.25) is 0 Å². The first kappa shape index (κ1) is 67.2. The van der Waals surface area contributed by atoms with Gasteiger partial charge in [-0.25, -0.2) is 4.57 Å². The largest absolute Gasteiger partial charge is 0.472 e. The Labute approximate surface area is 427 Å². The van der Waals surface area contributed by atoms with Crippen molar-refractivity contribution in [3.05, 3.63) is 60.8 Å². The van der Waals surface area contributed by atoms with Crippen molar-refractivity contribution < 1.29 is 52.2 Å². The summed E-state index contributed by atoms with van der Waals surface area (Å²) in [4.78, 5) is 48.4. The summed E-state index contributed by atoms with van der Waals surface area (Å²) in [6, 6.07) is 0. The fourth-order valence-electron chi connectivity index (χ4n) is 7.58. The van der Waals surface area contributed by atoms with Crippen molar-refractivity contribution in [2.75, 3.05) is 26.4 Å². The van der Waals surface area contributed by atoms with Crippen LogP contribution in [-0.2, 0) is 42.2 Å². The van der Waals surface area contributed by atoms with Gasteiger partial charge in [-0.05, 0) is 96.3 Å². The van der Waals surface area contributed by atoms with E-state index in [1.807, 2.05) is 0 Å². The summed E-state index contributed by atoms with van der Waals surface area (Å²) < 4.78 is 39.4. The zero-order valence-electron chi connectivity index (χ0n) is 44.7. The molecule has 70 heavy (non-hydrogen) atoms. The molecule has 11 nitrogen and oxygen atoms in total. The number of rotatable bonds is 52. The second-order valence-corrected chi connectivity index (χ2v) is 20.2. The van der Waals surface area contributed by atoms with Gasteiger partial charge in [-0.1, -0.05) is 197 Å². The van der Waals surface area contributed by atoms with Crippen molar-refractivity contribution in [3.63, 3.8) is 0 Å². The number of allylic oxidation sites excluding steroid dienone is 10. The van der Waals surface area contributed by atoms with Gasteiger partial charge in [-0.2, -0.15) is 0 Å². The number of carbonyl (C=O) groups excluding carboxylic acids is 3. The minimum atomic E-state index is -4.75. The maximum atomic E-state index is 12.9. The molecule has 0 saturated heterocycles. The van der Waals surface area contributed by atoms with Crippen molar-refractivity contribution >= 4 is 25.7 Å². The standard InChI is InChI=1S/C58H103O11P/c1-4-7-10-13-16-19-22-24-26-27-29-31-34-37-40-43-46-49-58(62)69-55(51-65-56(60)47-44-41-38-35-32-21-18-15-12-9-6-3)53-67-70(63,64)66-52-54(50-59)68-57(61)48-45-42-39-36-33-30-28-25-23-20-17-14-11-8-5-2/h8,11,15,17-18,20,24-26,28,54-55,59H,4-7,9-10,12-14,16,19,21-23,27,29-53H2,1-3H3,(H,63,64)/b11-8-,18-15-,20-17-,26-24-,28-25-. The van der Waals surface area contributed by atoms with Crippen molar-refractivity contribution in [3.8, 4) is 0 Å². The lowest BCUT2D eigenvalue weighted by Gasteiger charge is -2.21. The summed E-state index contributed by atoms with van der Waals surface area (Å²) in [5.41, 5.74) is 0. The monoisotopic (exact) mass is 1010 g/mol. The Balaban J connectivity index is 4.71. The summed E-state index contributed by atoms with van der Waals surface area (Å²) >= 11 is 0. The smallest absolute Gasteiger partial charge is 0.462 e. The van der Waals surface area contributed by atoms with Crippen LogP contribution in [0, 0.1) is 0 Å². The molecular weight excluding hydrogens is 904 g/mol. The van der Waals surface area contributed by atoms with Crippen LogP contribution in [0.3, 0.4) is 0 Å². The second-order valence-electron chi connectivity index (χ2n) is 18.7. The molecule has 0 aliphatic carbocycles. The van der Waals surface area contributed by atoms with Gasteiger partial charge in [0, 0.05) is 19.3 Å². The van der Waals surface area contributed by atoms with E-state index in [0.29, 0.717) is 19.3 Å². The molecule has 406 valence electrons. The van der Waals surface area contributed by atoms with Gasteiger partial charge in [0.2, 0.25) is 0 Å². The second kappa shape index (κ2) is 52.5. The van der Waals surface area contributed by atoms with E-state index in [1.54, 1.807) is 0 Å². The summed E-state index contributed by atoms with van der Waals surface area (Å²) in [6.07, 6.45) is 56.1. The number of hydrogen-bond donors (Lipinski definition) is 2. The van der Waals surface area contributed by atoms with E-state index in [1.165, 1.54) is 70.6 Å². The first-order valence-corrected chi connectivity index (χ1v) is 29.7. The molecule has 0 aromatic heterocycles. The zero-order chi connectivity index (χ0) is 51.3. The minimum absolute atomic E-state index is 0.157. The van der Waals surface area contributed by atoms with E-state index in [-0.39, 0.29) is 25.9 Å². The lowest BCUT2D eigenvalue weighted by Crippen LogP contribution is -2.30. The van der Waals surface area contributed by atoms with Gasteiger partial charge in [-0.15, -0.1) is 0 Å². The lowest BCUT2D eigenvalue weighted by atomic mass is 10.1. The Morgan fingerprint density at radius 3 is 1.20 bits per heavy atom. The number of aliphatic hydroxyl groups is 1. The number of unbranched alkanes of at least 4 members (excludes halogenated alkanes) is 25. The first-order chi connectivity index (χ1) is 34.2. The predicted molar refractivity (Wildman–Crippen MR) is 288 cm³/mol. The Hall–Kier alpha value is -2.82. The van der Waals surface area contributed by atoms with Crippen LogP contribution in [0.4, 0.5) is 0 Å². The average Bonchev–Trinajstić information content (AvgIpc) is 3.35. The molecule has 3 atom stereocenters. The molecule has 0 aliphatic rings. The summed E-state index contributed by atoms with van der Waals surface area (Å²) in [7, 11) is -4.75. The zero-order valence-corrected chi connectivity index (χ0v) is 45.6. The predicted octanol–water partition coefficient (Wildman–Crippen LogP) is 16.4. The van der Waals surface area contributed by atoms with Crippen molar-refractivity contribution in [1.82, 2.24) is 0 Å². The quantitative estimate of drug-likeness (QED) is 0.0197. The molecule has 0 fully saturated rings. The molecule has 0 saturated carbocycles. The number of phosphoric acid groups is 1. The minimum Gasteiger partial charge on any atom is -0.462 e. The highest BCUT2D eigenvalue weighted by atomic mass is 31.2. The Bertz CT molecular complexity index is 1410. The fourth-order valence-corrected chi connectivity index (χ4v) is 8.37. The molecule has 0 aromatic carbocycles. The SMILES string of the molecule is CC/C=C\C/C=C\C/C=C\CCCCCCCC(=O)OC(CO)COP(=O)(O)OCC(COC(=O)CCCCCCC/C=C\CCCC)OC(=O)CCCCCCCCC/C=C\CCCCCCCC. The van der Waals surface area contributed by atoms with Gasteiger partial charge in [-0.3, -0.25) is 23.4 Å². The molecule has 0 amide bonds. The lowest BCUT2D eigenvalue weighted by molar-refractivity contribution is -0.161. The van der Waals surface area contributed by atoms with Crippen LogP contribution in [0.25, 0.3) is 0 Å². The van der Waals surface area contributed by atoms with E-state index < -0.39 is 57.8 Å². The highest BCUT2D eigenvalue weighted by molar-refractivity contribution is 7.47. The molecule has 0 aromatic rings. The Kier molecular flexibility index (Phi) is 50.4. The van der Waals surface area contributed by atoms with Gasteiger partial charge < -0.3 is 24.2 Å². The van der Waals surface area contributed by atoms with Crippen LogP contribution in [0.5, 0.6) is 0 Å². The molecular formula is C58H103O11P. The molecule has 12 heteroatoms. The Morgan fingerprint density at radius 2 is 0.757 bits per heavy atom. The third-order valence-corrected chi connectivity index (χ3v) is 12.8. The van der Waals surface area contributed by atoms with Crippen molar-refractivity contribution in [2.45, 2.75) is 264 Å². The van der Waals surface area contributed by atoms with Crippen LogP contribution in [0.1, 0.15) is 252 Å². The van der Waals surface area contributed by atoms with Gasteiger partial charge in [0.15, 0.2) is 6.10 Å². The van der Waals surface area contributed by atoms with Gasteiger partial charge in [0.1, 0.15) is 12.7 Å². The fraction of sp³-hybridized carbons (Fsp3) is 0.776. The molecule has 0 spiro atoms. The molecule has 0 radical (unpaired) electrons. The molecule has 0 bridgehead atoms. The molecule has 0 heterocycles. The van der Waals surface area contributed by atoms with E-state index in [2.05, 4.69) is 81.5 Å². The van der Waals surface area contributed by atoms with Gasteiger partial charge >= 0.3 is 25.7 Å². The van der Waals surface area contributed by atoms with Crippen molar-refractivity contribution in [2.24, 2.45) is 0 Å². The first-order valence-electron chi connectivity index (χ1n) is 28.2. The maximum Gasteiger partial charge on any atom is 0.472 e. The van der Waals surface area contributed by atoms with E-state index in [9.17, 15) is 28.9 Å². The molecule has 0 rings (SSSR count). The third-order valence-electron chi connectivity index (χ3n) is 11.9. The van der Waals surface area contributed by atoms with E-state index in [4.69, 9.17) is 23.3 Å². The summed E-state index contributed by atoms with van der Waals surface area (Å²) in [5, 5.41) is 9.80. The molecule has 0 aliphatic heterocycles. The van der Waals surface area contributed by atoms with Gasteiger partial charge in [0.05, 0.1) is 19.8 Å². The highest BCUT2D eigenvalue weighted by Crippen LogP contribution is 2.43. The van der Waals surface area contributed by atoms with Crippen LogP contribution in [-0.4, -0.2) is 66.5 Å². The summed E-state index contributed by atoms with van der Waals surface area (Å²) in [5.74, 6) is -1.49. The average molecular weight is 1010 g/mol. The van der Waals surface area contributed by atoms with E-state index >= 15 is 0 Å². The van der Waals surface area contributed by atoms with Crippen molar-refractivity contribution in [1.29, 1.82) is 0 Å². The number of hydrogen-bond acceptors (Lipinski definition) is 10. The van der Waals surface area contributed by atoms with Gasteiger partial charge in [0.25, 0.3) is 0 Å². The van der Waals surface area contributed by atoms with Crippen LogP contribution in [0.15, 0.2) is 60.8 Å². The normalized spacial score (nSPS) is 13.8. The maximum absolute atomic E-state index is 12.9.